The molecule has 4 rings (SSSR count). The van der Waals surface area contributed by atoms with E-state index in [-0.39, 0.29) is 23.5 Å². The molecule has 7 heteroatoms. The number of nitriles is 1. The zero-order valence-electron chi connectivity index (χ0n) is 17.6. The number of carbonyl (C=O) groups excluding carboxylic acids is 1. The van der Waals surface area contributed by atoms with Crippen molar-refractivity contribution in [1.82, 2.24) is 10.2 Å². The summed E-state index contributed by atoms with van der Waals surface area (Å²) in [6.07, 6.45) is 0. The Hall–Kier alpha value is -4.31. The summed E-state index contributed by atoms with van der Waals surface area (Å²) in [5.41, 5.74) is 1.33. The van der Waals surface area contributed by atoms with E-state index < -0.39 is 5.91 Å². The molecule has 0 saturated carbocycles. The van der Waals surface area contributed by atoms with Crippen molar-refractivity contribution in [1.29, 1.82) is 5.26 Å². The van der Waals surface area contributed by atoms with E-state index in [2.05, 4.69) is 16.4 Å². The number of ether oxygens (including phenoxy) is 2. The summed E-state index contributed by atoms with van der Waals surface area (Å²) in [5.74, 6) is 0.981. The summed E-state index contributed by atoms with van der Waals surface area (Å²) in [4.78, 5) is 19.6. The Morgan fingerprint density at radius 1 is 1.09 bits per heavy atom. The van der Waals surface area contributed by atoms with Gasteiger partial charge in [0.2, 0.25) is 5.96 Å². The van der Waals surface area contributed by atoms with Gasteiger partial charge in [0.15, 0.2) is 5.75 Å². The van der Waals surface area contributed by atoms with E-state index >= 15 is 0 Å². The van der Waals surface area contributed by atoms with Crippen LogP contribution < -0.4 is 14.8 Å². The average Bonchev–Trinajstić information content (AvgIpc) is 3.23. The highest BCUT2D eigenvalue weighted by atomic mass is 16.5. The minimum atomic E-state index is -0.455. The number of amides is 1. The predicted molar refractivity (Wildman–Crippen MR) is 121 cm³/mol. The first-order valence-electron chi connectivity index (χ1n) is 10.2. The molecule has 3 aromatic rings. The molecular formula is C25H22N4O3. The number of guanidine groups is 1. The van der Waals surface area contributed by atoms with Gasteiger partial charge < -0.3 is 14.4 Å². The minimum absolute atomic E-state index is 0.142. The Labute approximate surface area is 186 Å². The fourth-order valence-corrected chi connectivity index (χ4v) is 3.27. The second kappa shape index (κ2) is 9.67. The lowest BCUT2D eigenvalue weighted by atomic mass is 10.1. The predicted octanol–water partition coefficient (Wildman–Crippen LogP) is 3.96. The van der Waals surface area contributed by atoms with E-state index in [1.807, 2.05) is 60.5 Å². The normalized spacial score (nSPS) is 12.6. The zero-order chi connectivity index (χ0) is 22.3. The molecule has 1 heterocycles. The highest BCUT2D eigenvalue weighted by Gasteiger charge is 2.26. The van der Waals surface area contributed by atoms with Crippen molar-refractivity contribution in [2.45, 2.75) is 6.61 Å². The van der Waals surface area contributed by atoms with Crippen LogP contribution in [0.3, 0.4) is 0 Å². The van der Waals surface area contributed by atoms with Crippen molar-refractivity contribution in [3.63, 3.8) is 0 Å². The maximum Gasteiger partial charge on any atom is 0.265 e. The summed E-state index contributed by atoms with van der Waals surface area (Å²) in [7, 11) is 1.85. The Morgan fingerprint density at radius 2 is 1.81 bits per heavy atom. The molecule has 1 aliphatic rings. The lowest BCUT2D eigenvalue weighted by Crippen LogP contribution is -2.39. The van der Waals surface area contributed by atoms with E-state index in [0.29, 0.717) is 24.0 Å². The third-order valence-corrected chi connectivity index (χ3v) is 4.95. The molecule has 7 nitrogen and oxygen atoms in total. The number of benzene rings is 3. The van der Waals surface area contributed by atoms with Gasteiger partial charge in [-0.15, -0.1) is 0 Å². The van der Waals surface area contributed by atoms with Gasteiger partial charge in [0.1, 0.15) is 29.7 Å². The smallest absolute Gasteiger partial charge is 0.265 e. The molecule has 0 bridgehead atoms. The largest absolute Gasteiger partial charge is 0.488 e. The van der Waals surface area contributed by atoms with Crippen LogP contribution in [0.1, 0.15) is 21.5 Å². The van der Waals surface area contributed by atoms with Gasteiger partial charge >= 0.3 is 0 Å². The van der Waals surface area contributed by atoms with Crippen LogP contribution in [0, 0.1) is 11.3 Å². The van der Waals surface area contributed by atoms with Crippen LogP contribution in [-0.2, 0) is 6.61 Å². The molecule has 1 N–H and O–H groups in total. The fraction of sp³-hybridized carbons (Fsp3) is 0.160. The van der Waals surface area contributed by atoms with Crippen molar-refractivity contribution >= 4 is 11.9 Å². The number of rotatable bonds is 6. The van der Waals surface area contributed by atoms with Crippen molar-refractivity contribution in [3.8, 4) is 23.3 Å². The number of likely N-dealkylation sites (N-methyl/N-ethyl adjacent to an activating group) is 1. The molecule has 0 spiro atoms. The van der Waals surface area contributed by atoms with Crippen molar-refractivity contribution in [2.24, 2.45) is 4.99 Å². The summed E-state index contributed by atoms with van der Waals surface area (Å²) in [6, 6.07) is 24.0. The maximum absolute atomic E-state index is 13.4. The molecular weight excluding hydrogens is 404 g/mol. The molecule has 0 atom stereocenters. The highest BCUT2D eigenvalue weighted by molar-refractivity contribution is 6.09. The molecule has 1 aliphatic heterocycles. The lowest BCUT2D eigenvalue weighted by Gasteiger charge is -2.19. The Bertz CT molecular complexity index is 1170. The van der Waals surface area contributed by atoms with Crippen LogP contribution in [0.15, 0.2) is 77.8 Å². The fourth-order valence-electron chi connectivity index (χ4n) is 3.27. The number of nitrogens with one attached hydrogen (secondary N) is 1. The topological polar surface area (TPSA) is 87.0 Å². The van der Waals surface area contributed by atoms with Gasteiger partial charge in [0.25, 0.3) is 5.91 Å². The molecule has 0 fully saturated rings. The molecule has 0 aliphatic carbocycles. The van der Waals surface area contributed by atoms with Gasteiger partial charge in [-0.1, -0.05) is 48.5 Å². The van der Waals surface area contributed by atoms with Crippen molar-refractivity contribution in [2.75, 3.05) is 20.1 Å². The summed E-state index contributed by atoms with van der Waals surface area (Å²) < 4.78 is 12.0. The van der Waals surface area contributed by atoms with Gasteiger partial charge in [-0.25, -0.2) is 0 Å². The highest BCUT2D eigenvalue weighted by Crippen LogP contribution is 2.36. The number of hydrogen-bond donors (Lipinski definition) is 1. The third-order valence-electron chi connectivity index (χ3n) is 4.95. The average molecular weight is 426 g/mol. The number of hydrogen-bond acceptors (Lipinski definition) is 6. The molecule has 0 unspecified atom stereocenters. The Kier molecular flexibility index (Phi) is 6.33. The number of nitrogens with zero attached hydrogens (tertiary/aromatic N) is 3. The van der Waals surface area contributed by atoms with Crippen LogP contribution in [0.25, 0.3) is 0 Å². The van der Waals surface area contributed by atoms with Gasteiger partial charge in [0, 0.05) is 13.6 Å². The summed E-state index contributed by atoms with van der Waals surface area (Å²) >= 11 is 0. The number of carbonyl (C=O) groups is 1. The van der Waals surface area contributed by atoms with Crippen molar-refractivity contribution < 1.29 is 14.3 Å². The molecule has 0 aromatic heterocycles. The standard InChI is InChI=1S/C25H22N4O3/c1-29-15-14-27-25(29)28-24(30)22-21(31-17-18-8-4-2-5-9-18)13-12-19(16-26)23(22)32-20-10-6-3-7-11-20/h2-13H,14-15,17H2,1H3,(H,27,28,30). The summed E-state index contributed by atoms with van der Waals surface area (Å²) in [6.45, 7) is 1.59. The summed E-state index contributed by atoms with van der Waals surface area (Å²) in [5, 5.41) is 12.5. The molecule has 160 valence electrons. The number of para-hydroxylation sites is 1. The zero-order valence-corrected chi connectivity index (χ0v) is 17.6. The van der Waals surface area contributed by atoms with Crippen LogP contribution >= 0.6 is 0 Å². The van der Waals surface area contributed by atoms with Crippen molar-refractivity contribution in [3.05, 3.63) is 89.5 Å². The van der Waals surface area contributed by atoms with Gasteiger partial charge in [-0.05, 0) is 29.8 Å². The van der Waals surface area contributed by atoms with Crippen LogP contribution in [0.2, 0.25) is 0 Å². The second-order valence-electron chi connectivity index (χ2n) is 7.20. The van der Waals surface area contributed by atoms with E-state index in [1.165, 1.54) is 0 Å². The number of aliphatic imine (C=N–C) groups is 1. The SMILES string of the molecule is CN1CCN=C1NC(=O)c1c(OCc2ccccc2)ccc(C#N)c1Oc1ccccc1. The second-order valence-corrected chi connectivity index (χ2v) is 7.20. The quantitative estimate of drug-likeness (QED) is 0.645. The molecule has 3 aromatic carbocycles. The Morgan fingerprint density at radius 3 is 2.47 bits per heavy atom. The van der Waals surface area contributed by atoms with E-state index in [4.69, 9.17) is 9.47 Å². The first kappa shape index (κ1) is 20.9. The van der Waals surface area contributed by atoms with E-state index in [9.17, 15) is 10.1 Å². The van der Waals surface area contributed by atoms with Gasteiger partial charge in [-0.3, -0.25) is 15.1 Å². The third kappa shape index (κ3) is 4.71. The maximum atomic E-state index is 13.4. The first-order valence-corrected chi connectivity index (χ1v) is 10.2. The van der Waals surface area contributed by atoms with Crippen LogP contribution in [0.5, 0.6) is 17.2 Å². The van der Waals surface area contributed by atoms with E-state index in [1.54, 1.807) is 24.3 Å². The molecule has 0 radical (unpaired) electrons. The minimum Gasteiger partial charge on any atom is -0.488 e. The van der Waals surface area contributed by atoms with Crippen LogP contribution in [-0.4, -0.2) is 36.9 Å². The molecule has 0 saturated heterocycles. The first-order chi connectivity index (χ1) is 15.7. The van der Waals surface area contributed by atoms with Crippen LogP contribution in [0.4, 0.5) is 0 Å². The molecule has 32 heavy (non-hydrogen) atoms. The van der Waals surface area contributed by atoms with Gasteiger partial charge in [-0.2, -0.15) is 5.26 Å². The monoisotopic (exact) mass is 426 g/mol. The van der Waals surface area contributed by atoms with E-state index in [0.717, 1.165) is 12.1 Å². The lowest BCUT2D eigenvalue weighted by molar-refractivity contribution is 0.0966. The molecule has 1 amide bonds. The Balaban J connectivity index is 1.73. The van der Waals surface area contributed by atoms with Gasteiger partial charge in [0.05, 0.1) is 12.1 Å².